The van der Waals surface area contributed by atoms with Crippen LogP contribution in [0.5, 0.6) is 0 Å². The number of hydrogen-bond donors (Lipinski definition) is 2. The highest BCUT2D eigenvalue weighted by Gasteiger charge is 2.14. The van der Waals surface area contributed by atoms with E-state index in [1.165, 1.54) is 42.5 Å². The number of amides is 1. The summed E-state index contributed by atoms with van der Waals surface area (Å²) in [6.07, 6.45) is -1.27. The number of benzene rings is 2. The average Bonchev–Trinajstić information content (AvgIpc) is 2.58. The zero-order chi connectivity index (χ0) is 17.5. The van der Waals surface area contributed by atoms with Crippen molar-refractivity contribution in [1.82, 2.24) is 5.32 Å². The lowest BCUT2D eigenvalue weighted by Crippen LogP contribution is -2.29. The Labute approximate surface area is 138 Å². The van der Waals surface area contributed by atoms with Crippen molar-refractivity contribution in [3.05, 3.63) is 71.3 Å². The molecule has 126 valence electrons. The molecule has 1 unspecified atom stereocenters. The van der Waals surface area contributed by atoms with E-state index in [0.29, 0.717) is 5.56 Å². The second-order valence-corrected chi connectivity index (χ2v) is 5.27. The molecule has 0 bridgehead atoms. The first-order valence-corrected chi connectivity index (χ1v) is 7.45. The van der Waals surface area contributed by atoms with Crippen LogP contribution in [0.15, 0.2) is 48.5 Å². The van der Waals surface area contributed by atoms with Gasteiger partial charge in [-0.25, -0.2) is 8.78 Å². The predicted molar refractivity (Wildman–Crippen MR) is 84.3 cm³/mol. The molecule has 0 saturated carbocycles. The van der Waals surface area contributed by atoms with Gasteiger partial charge in [0, 0.05) is 30.5 Å². The summed E-state index contributed by atoms with van der Waals surface area (Å²) in [6, 6.07) is 10.8. The van der Waals surface area contributed by atoms with Crippen molar-refractivity contribution in [2.45, 2.75) is 18.9 Å². The van der Waals surface area contributed by atoms with Gasteiger partial charge in [-0.3, -0.25) is 9.59 Å². The molecule has 0 aliphatic carbocycles. The van der Waals surface area contributed by atoms with E-state index >= 15 is 0 Å². The number of carbonyl (C=O) groups is 2. The molecule has 0 radical (unpaired) electrons. The fraction of sp³-hybridized carbons (Fsp3) is 0.222. The predicted octanol–water partition coefficient (Wildman–Crippen LogP) is 2.78. The molecule has 0 aliphatic heterocycles. The zero-order valence-corrected chi connectivity index (χ0v) is 12.8. The zero-order valence-electron chi connectivity index (χ0n) is 12.8. The standard InChI is InChI=1S/C18H17F2NO3/c19-13-7-5-12(6-8-13)16(22)9-10-18(24)21-11-17(23)14-3-1-2-4-15(14)20/h1-8,17,23H,9-11H2,(H,21,24). The molecule has 2 rings (SSSR count). The quantitative estimate of drug-likeness (QED) is 0.766. The maximum Gasteiger partial charge on any atom is 0.220 e. The van der Waals surface area contributed by atoms with Gasteiger partial charge in [0.05, 0.1) is 6.10 Å². The normalized spacial score (nSPS) is 11.8. The van der Waals surface area contributed by atoms with Crippen LogP contribution >= 0.6 is 0 Å². The molecule has 0 aliphatic rings. The van der Waals surface area contributed by atoms with Gasteiger partial charge in [-0.2, -0.15) is 0 Å². The number of hydrogen-bond acceptors (Lipinski definition) is 3. The van der Waals surface area contributed by atoms with Crippen molar-refractivity contribution in [2.24, 2.45) is 0 Å². The number of nitrogens with one attached hydrogen (secondary N) is 1. The molecule has 0 saturated heterocycles. The first kappa shape index (κ1) is 17.7. The van der Waals surface area contributed by atoms with Crippen LogP contribution in [0.4, 0.5) is 8.78 Å². The van der Waals surface area contributed by atoms with Crippen molar-refractivity contribution in [3.8, 4) is 0 Å². The van der Waals surface area contributed by atoms with Crippen LogP contribution in [-0.4, -0.2) is 23.3 Å². The summed E-state index contributed by atoms with van der Waals surface area (Å²) in [6.45, 7) is -0.148. The van der Waals surface area contributed by atoms with Gasteiger partial charge in [0.2, 0.25) is 5.91 Å². The molecular formula is C18H17F2NO3. The van der Waals surface area contributed by atoms with Crippen molar-refractivity contribution in [2.75, 3.05) is 6.54 Å². The largest absolute Gasteiger partial charge is 0.386 e. The number of aliphatic hydroxyl groups is 1. The van der Waals surface area contributed by atoms with E-state index in [1.54, 1.807) is 6.07 Å². The fourth-order valence-corrected chi connectivity index (χ4v) is 2.16. The lowest BCUT2D eigenvalue weighted by atomic mass is 10.1. The number of halogens is 2. The third-order valence-corrected chi connectivity index (χ3v) is 3.50. The van der Waals surface area contributed by atoms with E-state index < -0.39 is 23.6 Å². The van der Waals surface area contributed by atoms with Crippen LogP contribution in [0.1, 0.15) is 34.9 Å². The van der Waals surface area contributed by atoms with Gasteiger partial charge in [-0.05, 0) is 30.3 Å². The smallest absolute Gasteiger partial charge is 0.220 e. The summed E-state index contributed by atoms with van der Waals surface area (Å²) in [5.41, 5.74) is 0.427. The maximum absolute atomic E-state index is 13.5. The van der Waals surface area contributed by atoms with Crippen LogP contribution in [-0.2, 0) is 4.79 Å². The van der Waals surface area contributed by atoms with E-state index in [-0.39, 0.29) is 30.7 Å². The SMILES string of the molecule is O=C(CCC(=O)c1ccc(F)cc1)NCC(O)c1ccccc1F. The summed E-state index contributed by atoms with van der Waals surface area (Å²) in [4.78, 5) is 23.6. The van der Waals surface area contributed by atoms with Gasteiger partial charge in [0.1, 0.15) is 11.6 Å². The molecule has 0 heterocycles. The number of carbonyl (C=O) groups excluding carboxylic acids is 2. The summed E-state index contributed by atoms with van der Waals surface area (Å²) < 4.78 is 26.3. The Balaban J connectivity index is 1.78. The third kappa shape index (κ3) is 4.96. The first-order valence-electron chi connectivity index (χ1n) is 7.45. The summed E-state index contributed by atoms with van der Waals surface area (Å²) in [5, 5.41) is 12.3. The van der Waals surface area contributed by atoms with Crippen LogP contribution in [0.2, 0.25) is 0 Å². The molecule has 4 nitrogen and oxygen atoms in total. The Morgan fingerprint density at radius 1 is 1.00 bits per heavy atom. The second-order valence-electron chi connectivity index (χ2n) is 5.27. The molecule has 1 atom stereocenters. The molecule has 0 spiro atoms. The van der Waals surface area contributed by atoms with E-state index in [1.807, 2.05) is 0 Å². The first-order chi connectivity index (χ1) is 11.5. The summed E-state index contributed by atoms with van der Waals surface area (Å²) >= 11 is 0. The molecule has 1 amide bonds. The van der Waals surface area contributed by atoms with Crippen LogP contribution in [0.25, 0.3) is 0 Å². The lowest BCUT2D eigenvalue weighted by Gasteiger charge is -2.13. The Morgan fingerprint density at radius 2 is 1.67 bits per heavy atom. The lowest BCUT2D eigenvalue weighted by molar-refractivity contribution is -0.121. The van der Waals surface area contributed by atoms with Gasteiger partial charge >= 0.3 is 0 Å². The maximum atomic E-state index is 13.5. The molecule has 0 aromatic heterocycles. The molecule has 2 aromatic rings. The molecular weight excluding hydrogens is 316 g/mol. The minimum absolute atomic E-state index is 0.0345. The van der Waals surface area contributed by atoms with E-state index in [9.17, 15) is 23.5 Å². The second kappa shape index (κ2) is 8.31. The van der Waals surface area contributed by atoms with Crippen molar-refractivity contribution >= 4 is 11.7 Å². The topological polar surface area (TPSA) is 66.4 Å². The minimum atomic E-state index is -1.16. The van der Waals surface area contributed by atoms with Crippen molar-refractivity contribution in [1.29, 1.82) is 0 Å². The van der Waals surface area contributed by atoms with Crippen LogP contribution in [0, 0.1) is 11.6 Å². The molecule has 2 aromatic carbocycles. The van der Waals surface area contributed by atoms with Crippen molar-refractivity contribution in [3.63, 3.8) is 0 Å². The van der Waals surface area contributed by atoms with E-state index in [0.717, 1.165) is 0 Å². The van der Waals surface area contributed by atoms with Crippen LogP contribution in [0.3, 0.4) is 0 Å². The third-order valence-electron chi connectivity index (χ3n) is 3.50. The highest BCUT2D eigenvalue weighted by atomic mass is 19.1. The molecule has 6 heteroatoms. The fourth-order valence-electron chi connectivity index (χ4n) is 2.16. The van der Waals surface area contributed by atoms with E-state index in [4.69, 9.17) is 0 Å². The highest BCUT2D eigenvalue weighted by molar-refractivity contribution is 5.97. The summed E-state index contributed by atoms with van der Waals surface area (Å²) in [7, 11) is 0. The molecule has 24 heavy (non-hydrogen) atoms. The Hall–Kier alpha value is -2.60. The molecule has 0 fully saturated rings. The minimum Gasteiger partial charge on any atom is -0.386 e. The number of Topliss-reactive ketones (excluding diaryl/α,β-unsaturated/α-hetero) is 1. The number of rotatable bonds is 7. The number of ketones is 1. The van der Waals surface area contributed by atoms with Gasteiger partial charge in [-0.1, -0.05) is 18.2 Å². The van der Waals surface area contributed by atoms with Gasteiger partial charge in [0.25, 0.3) is 0 Å². The van der Waals surface area contributed by atoms with Gasteiger partial charge in [-0.15, -0.1) is 0 Å². The number of aliphatic hydroxyl groups excluding tert-OH is 1. The average molecular weight is 333 g/mol. The summed E-state index contributed by atoms with van der Waals surface area (Å²) in [5.74, 6) is -1.70. The highest BCUT2D eigenvalue weighted by Crippen LogP contribution is 2.15. The Bertz CT molecular complexity index is 716. The van der Waals surface area contributed by atoms with Gasteiger partial charge < -0.3 is 10.4 Å². The Kier molecular flexibility index (Phi) is 6.14. The van der Waals surface area contributed by atoms with Gasteiger partial charge in [0.15, 0.2) is 5.78 Å². The van der Waals surface area contributed by atoms with E-state index in [2.05, 4.69) is 5.32 Å². The Morgan fingerprint density at radius 3 is 2.33 bits per heavy atom. The van der Waals surface area contributed by atoms with Crippen LogP contribution < -0.4 is 5.32 Å². The van der Waals surface area contributed by atoms with Crippen molar-refractivity contribution < 1.29 is 23.5 Å². The molecule has 2 N–H and O–H groups in total. The monoisotopic (exact) mass is 333 g/mol.